The van der Waals surface area contributed by atoms with Gasteiger partial charge < -0.3 is 14.2 Å². The third kappa shape index (κ3) is 6.05. The maximum Gasteiger partial charge on any atom is 0.271 e. The van der Waals surface area contributed by atoms with Gasteiger partial charge in [0.2, 0.25) is 0 Å². The van der Waals surface area contributed by atoms with Crippen molar-refractivity contribution in [2.75, 3.05) is 13.7 Å². The van der Waals surface area contributed by atoms with Gasteiger partial charge in [-0.15, -0.1) is 0 Å². The summed E-state index contributed by atoms with van der Waals surface area (Å²) in [6.07, 6.45) is 1.50. The number of ether oxygens (including phenoxy) is 3. The average molecular weight is 422 g/mol. The Hall–Kier alpha value is -3.87. The second-order valence-corrected chi connectivity index (χ2v) is 6.45. The van der Waals surface area contributed by atoms with Crippen LogP contribution >= 0.6 is 0 Å². The fourth-order valence-corrected chi connectivity index (χ4v) is 2.77. The van der Waals surface area contributed by atoms with Crippen molar-refractivity contribution in [2.45, 2.75) is 13.5 Å². The van der Waals surface area contributed by atoms with Gasteiger partial charge in [-0.3, -0.25) is 4.79 Å². The van der Waals surface area contributed by atoms with E-state index >= 15 is 0 Å². The summed E-state index contributed by atoms with van der Waals surface area (Å²) in [5.74, 6) is 0.947. The minimum Gasteiger partial charge on any atom is -0.493 e. The van der Waals surface area contributed by atoms with Gasteiger partial charge in [0.15, 0.2) is 11.5 Å². The van der Waals surface area contributed by atoms with Crippen molar-refractivity contribution >= 4 is 12.1 Å². The number of para-hydroxylation sites is 1. The van der Waals surface area contributed by atoms with E-state index in [0.717, 1.165) is 5.56 Å². The highest BCUT2D eigenvalue weighted by Crippen LogP contribution is 2.28. The first kappa shape index (κ1) is 21.8. The van der Waals surface area contributed by atoms with E-state index in [4.69, 9.17) is 14.2 Å². The highest BCUT2D eigenvalue weighted by molar-refractivity contribution is 5.95. The van der Waals surface area contributed by atoms with Gasteiger partial charge in [0.05, 0.1) is 19.9 Å². The lowest BCUT2D eigenvalue weighted by atomic mass is 10.2. The smallest absolute Gasteiger partial charge is 0.271 e. The lowest BCUT2D eigenvalue weighted by Gasteiger charge is -2.10. The number of amides is 1. The van der Waals surface area contributed by atoms with Gasteiger partial charge in [0.25, 0.3) is 5.91 Å². The van der Waals surface area contributed by atoms with Crippen LogP contribution in [0, 0.1) is 5.82 Å². The van der Waals surface area contributed by atoms with Crippen molar-refractivity contribution in [3.8, 4) is 17.2 Å². The number of halogens is 1. The van der Waals surface area contributed by atoms with Crippen molar-refractivity contribution in [3.63, 3.8) is 0 Å². The molecule has 0 atom stereocenters. The number of rotatable bonds is 9. The number of nitrogens with zero attached hydrogens (tertiary/aromatic N) is 1. The Labute approximate surface area is 180 Å². The van der Waals surface area contributed by atoms with Crippen molar-refractivity contribution in [2.24, 2.45) is 5.10 Å². The first-order valence-corrected chi connectivity index (χ1v) is 9.71. The van der Waals surface area contributed by atoms with Crippen LogP contribution in [0.15, 0.2) is 71.8 Å². The summed E-state index contributed by atoms with van der Waals surface area (Å²) in [5, 5.41) is 4.03. The molecule has 3 aromatic rings. The number of hydrazone groups is 1. The van der Waals surface area contributed by atoms with Gasteiger partial charge in [0, 0.05) is 11.1 Å². The molecule has 1 N–H and O–H groups in total. The van der Waals surface area contributed by atoms with Crippen LogP contribution in [0.25, 0.3) is 0 Å². The second kappa shape index (κ2) is 10.8. The zero-order valence-electron chi connectivity index (χ0n) is 17.3. The molecule has 6 nitrogen and oxygen atoms in total. The zero-order valence-corrected chi connectivity index (χ0v) is 17.3. The minimum absolute atomic E-state index is 0.281. The molecule has 0 fully saturated rings. The molecule has 0 bridgehead atoms. The van der Waals surface area contributed by atoms with Crippen LogP contribution in [0.5, 0.6) is 17.2 Å². The number of methoxy groups -OCH3 is 1. The number of carbonyl (C=O) groups excluding carboxylic acids is 1. The molecule has 0 unspecified atom stereocenters. The molecular weight excluding hydrogens is 399 g/mol. The molecule has 0 spiro atoms. The monoisotopic (exact) mass is 422 g/mol. The van der Waals surface area contributed by atoms with E-state index in [-0.39, 0.29) is 18.3 Å². The zero-order chi connectivity index (χ0) is 22.1. The third-order valence-electron chi connectivity index (χ3n) is 4.32. The van der Waals surface area contributed by atoms with Crippen LogP contribution < -0.4 is 19.6 Å². The average Bonchev–Trinajstić information content (AvgIpc) is 2.80. The summed E-state index contributed by atoms with van der Waals surface area (Å²) in [4.78, 5) is 12.4. The Kier molecular flexibility index (Phi) is 7.59. The molecular formula is C24H23FN2O4. The molecule has 0 aliphatic carbocycles. The normalized spacial score (nSPS) is 10.7. The number of carbonyl (C=O) groups is 1. The van der Waals surface area contributed by atoms with Crippen molar-refractivity contribution < 1.29 is 23.4 Å². The molecule has 3 aromatic carbocycles. The largest absolute Gasteiger partial charge is 0.493 e. The van der Waals surface area contributed by atoms with Gasteiger partial charge in [-0.25, -0.2) is 9.82 Å². The highest BCUT2D eigenvalue weighted by atomic mass is 19.1. The Morgan fingerprint density at radius 1 is 1.00 bits per heavy atom. The summed E-state index contributed by atoms with van der Waals surface area (Å²) in [6.45, 7) is 2.65. The van der Waals surface area contributed by atoms with Crippen molar-refractivity contribution in [1.29, 1.82) is 0 Å². The van der Waals surface area contributed by atoms with E-state index in [9.17, 15) is 9.18 Å². The first-order chi connectivity index (χ1) is 15.1. The number of hydrogen-bond donors (Lipinski definition) is 1. The maximum absolute atomic E-state index is 13.0. The molecule has 7 heteroatoms. The van der Waals surface area contributed by atoms with E-state index in [1.807, 2.05) is 25.1 Å². The van der Waals surface area contributed by atoms with Crippen molar-refractivity contribution in [1.82, 2.24) is 5.43 Å². The molecule has 0 saturated carbocycles. The molecule has 0 aliphatic rings. The van der Waals surface area contributed by atoms with E-state index in [2.05, 4.69) is 10.5 Å². The molecule has 0 aromatic heterocycles. The standard InChI is InChI=1S/C24H23FN2O4/c1-3-30-22-13-10-18(14-23(22)29-2)24(28)27-26-15-19-6-4-5-7-21(19)31-16-17-8-11-20(25)12-9-17/h4-15H,3,16H2,1-2H3,(H,27,28)/b26-15+. The lowest BCUT2D eigenvalue weighted by Crippen LogP contribution is -2.17. The number of nitrogens with one attached hydrogen (secondary N) is 1. The lowest BCUT2D eigenvalue weighted by molar-refractivity contribution is 0.0954. The van der Waals surface area contributed by atoms with E-state index in [1.54, 1.807) is 36.4 Å². The van der Waals surface area contributed by atoms with Gasteiger partial charge in [-0.05, 0) is 55.0 Å². The summed E-state index contributed by atoms with van der Waals surface area (Å²) >= 11 is 0. The highest BCUT2D eigenvalue weighted by Gasteiger charge is 2.10. The van der Waals surface area contributed by atoms with Crippen LogP contribution in [-0.4, -0.2) is 25.8 Å². The van der Waals surface area contributed by atoms with Crippen LogP contribution in [0.3, 0.4) is 0 Å². The molecule has 0 radical (unpaired) electrons. The molecule has 0 saturated heterocycles. The van der Waals surface area contributed by atoms with Gasteiger partial charge in [-0.2, -0.15) is 5.10 Å². The predicted octanol–water partition coefficient (Wildman–Crippen LogP) is 4.58. The summed E-state index contributed by atoms with van der Waals surface area (Å²) in [6, 6.07) is 18.3. The maximum atomic E-state index is 13.0. The van der Waals surface area contributed by atoms with E-state index in [1.165, 1.54) is 25.5 Å². The predicted molar refractivity (Wildman–Crippen MR) is 116 cm³/mol. The summed E-state index contributed by atoms with van der Waals surface area (Å²) in [5.41, 5.74) is 4.41. The van der Waals surface area contributed by atoms with Crippen LogP contribution in [0.1, 0.15) is 28.4 Å². The number of hydrogen-bond acceptors (Lipinski definition) is 5. The van der Waals surface area contributed by atoms with Crippen LogP contribution in [0.2, 0.25) is 0 Å². The van der Waals surface area contributed by atoms with Crippen molar-refractivity contribution in [3.05, 3.63) is 89.2 Å². The SMILES string of the molecule is CCOc1ccc(C(=O)N/N=C/c2ccccc2OCc2ccc(F)cc2)cc1OC. The molecule has 0 aliphatic heterocycles. The molecule has 3 rings (SSSR count). The third-order valence-corrected chi connectivity index (χ3v) is 4.32. The fourth-order valence-electron chi connectivity index (χ4n) is 2.77. The Morgan fingerprint density at radius 2 is 1.77 bits per heavy atom. The first-order valence-electron chi connectivity index (χ1n) is 9.71. The minimum atomic E-state index is -0.387. The van der Waals surface area contributed by atoms with Gasteiger partial charge >= 0.3 is 0 Å². The summed E-state index contributed by atoms with van der Waals surface area (Å²) < 4.78 is 29.6. The molecule has 31 heavy (non-hydrogen) atoms. The topological polar surface area (TPSA) is 69.2 Å². The van der Waals surface area contributed by atoms with Crippen LogP contribution in [0.4, 0.5) is 4.39 Å². The quantitative estimate of drug-likeness (QED) is 0.405. The Balaban J connectivity index is 1.64. The van der Waals surface area contributed by atoms with Gasteiger partial charge in [0.1, 0.15) is 18.2 Å². The molecule has 1 amide bonds. The summed E-state index contributed by atoms with van der Waals surface area (Å²) in [7, 11) is 1.51. The van der Waals surface area contributed by atoms with E-state index < -0.39 is 0 Å². The second-order valence-electron chi connectivity index (χ2n) is 6.45. The number of benzene rings is 3. The Bertz CT molecular complexity index is 1050. The van der Waals surface area contributed by atoms with E-state index in [0.29, 0.717) is 35.0 Å². The fraction of sp³-hybridized carbons (Fsp3) is 0.167. The van der Waals surface area contributed by atoms with Crippen LogP contribution in [-0.2, 0) is 6.61 Å². The Morgan fingerprint density at radius 3 is 2.52 bits per heavy atom. The molecule has 0 heterocycles. The molecule has 160 valence electrons. The van der Waals surface area contributed by atoms with Gasteiger partial charge in [-0.1, -0.05) is 24.3 Å².